The van der Waals surface area contributed by atoms with Crippen molar-refractivity contribution in [1.82, 2.24) is 9.55 Å². The van der Waals surface area contributed by atoms with E-state index in [-0.39, 0.29) is 5.92 Å². The van der Waals surface area contributed by atoms with Crippen molar-refractivity contribution in [3.63, 3.8) is 0 Å². The molecule has 0 aliphatic heterocycles. The first-order valence-electron chi connectivity index (χ1n) is 8.03. The van der Waals surface area contributed by atoms with Crippen LogP contribution >= 0.6 is 15.9 Å². The fourth-order valence-corrected chi connectivity index (χ4v) is 3.54. The second-order valence-corrected chi connectivity index (χ2v) is 7.02. The summed E-state index contributed by atoms with van der Waals surface area (Å²) < 4.78 is 8.33. The highest BCUT2D eigenvalue weighted by Gasteiger charge is 2.22. The molecule has 1 aliphatic rings. The Morgan fingerprint density at radius 2 is 2.17 bits per heavy atom. The molecule has 1 heterocycles. The highest BCUT2D eigenvalue weighted by atomic mass is 79.9. The molecule has 24 heavy (non-hydrogen) atoms. The fourth-order valence-electron chi connectivity index (χ4n) is 3.09. The average molecular weight is 388 g/mol. The van der Waals surface area contributed by atoms with Crippen LogP contribution in [0.4, 0.5) is 5.95 Å². The predicted octanol–water partition coefficient (Wildman–Crippen LogP) is 4.34. The smallest absolute Gasteiger partial charge is 0.200 e. The third-order valence-corrected chi connectivity index (χ3v) is 4.96. The van der Waals surface area contributed by atoms with Crippen molar-refractivity contribution in [3.8, 4) is 0 Å². The number of allylic oxidation sites excluding steroid dienone is 4. The van der Waals surface area contributed by atoms with Crippen LogP contribution in [-0.2, 0) is 18.2 Å². The van der Waals surface area contributed by atoms with Crippen LogP contribution in [0.15, 0.2) is 58.4 Å². The number of aryl methyl sites for hydroxylation is 1. The Bertz CT molecular complexity index is 772. The van der Waals surface area contributed by atoms with Gasteiger partial charge in [0.1, 0.15) is 0 Å². The summed E-state index contributed by atoms with van der Waals surface area (Å²) in [5.74, 6) is 1.80. The lowest BCUT2D eigenvalue weighted by atomic mass is 9.85. The second kappa shape index (κ2) is 7.26. The number of nitrogen functional groups attached to an aromatic ring is 1. The van der Waals surface area contributed by atoms with Crippen LogP contribution in [0, 0.1) is 0 Å². The maximum atomic E-state index is 5.96. The van der Waals surface area contributed by atoms with Crippen LogP contribution in [0.5, 0.6) is 0 Å². The van der Waals surface area contributed by atoms with Gasteiger partial charge in [0.05, 0.1) is 18.6 Å². The molecule has 0 radical (unpaired) electrons. The lowest BCUT2D eigenvalue weighted by Gasteiger charge is -2.22. The molecule has 2 N–H and O–H groups in total. The Labute approximate surface area is 151 Å². The van der Waals surface area contributed by atoms with Crippen LogP contribution in [0.2, 0.25) is 0 Å². The molecule has 126 valence electrons. The standard InChI is InChI=1S/C19H22BrN3O/c1-23-12-18(22-19(23)21)17(11-13-4-3-5-15(20)10-13)14-6-8-16(24-2)9-7-14/h3-6,8,10,12,17H,7,9,11H2,1-2H3,(H2,21,22). The third-order valence-electron chi connectivity index (χ3n) is 4.47. The van der Waals surface area contributed by atoms with Crippen LogP contribution in [0.3, 0.4) is 0 Å². The lowest BCUT2D eigenvalue weighted by molar-refractivity contribution is 0.275. The van der Waals surface area contributed by atoms with Gasteiger partial charge in [-0.25, -0.2) is 4.98 Å². The van der Waals surface area contributed by atoms with Gasteiger partial charge in [-0.15, -0.1) is 0 Å². The first-order valence-corrected chi connectivity index (χ1v) is 8.83. The average Bonchev–Trinajstić information content (AvgIpc) is 2.92. The zero-order chi connectivity index (χ0) is 17.1. The van der Waals surface area contributed by atoms with Gasteiger partial charge in [-0.05, 0) is 36.6 Å². The van der Waals surface area contributed by atoms with Gasteiger partial charge in [0.2, 0.25) is 0 Å². The summed E-state index contributed by atoms with van der Waals surface area (Å²) in [6, 6.07) is 8.44. The first kappa shape index (κ1) is 16.8. The number of nitrogens with zero attached hydrogens (tertiary/aromatic N) is 2. The molecule has 0 fully saturated rings. The van der Waals surface area contributed by atoms with Crippen LogP contribution in [0.25, 0.3) is 0 Å². The number of methoxy groups -OCH3 is 1. The molecular weight excluding hydrogens is 366 g/mol. The minimum absolute atomic E-state index is 0.220. The van der Waals surface area contributed by atoms with Crippen molar-refractivity contribution < 1.29 is 4.74 Å². The molecule has 1 aromatic carbocycles. The lowest BCUT2D eigenvalue weighted by Crippen LogP contribution is -2.10. The van der Waals surface area contributed by atoms with Gasteiger partial charge >= 0.3 is 0 Å². The maximum absolute atomic E-state index is 5.96. The monoisotopic (exact) mass is 387 g/mol. The number of aromatic nitrogens is 2. The summed E-state index contributed by atoms with van der Waals surface area (Å²) >= 11 is 3.56. The Kier molecular flexibility index (Phi) is 5.09. The number of nitrogens with two attached hydrogens (primary N) is 1. The quantitative estimate of drug-likeness (QED) is 0.829. The number of ether oxygens (including phenoxy) is 1. The molecule has 2 aromatic rings. The molecule has 0 amide bonds. The summed E-state index contributed by atoms with van der Waals surface area (Å²) in [5.41, 5.74) is 9.63. The number of imidazole rings is 1. The van der Waals surface area contributed by atoms with Crippen molar-refractivity contribution >= 4 is 21.9 Å². The minimum Gasteiger partial charge on any atom is -0.501 e. The van der Waals surface area contributed by atoms with Gasteiger partial charge in [-0.1, -0.05) is 39.7 Å². The van der Waals surface area contributed by atoms with Crippen molar-refractivity contribution in [3.05, 3.63) is 69.7 Å². The van der Waals surface area contributed by atoms with E-state index >= 15 is 0 Å². The molecule has 1 unspecified atom stereocenters. The molecule has 1 aromatic heterocycles. The largest absolute Gasteiger partial charge is 0.501 e. The highest BCUT2D eigenvalue weighted by Crippen LogP contribution is 2.34. The van der Waals surface area contributed by atoms with E-state index in [0.717, 1.165) is 35.2 Å². The fraction of sp³-hybridized carbons (Fsp3) is 0.316. The molecule has 0 bridgehead atoms. The van der Waals surface area contributed by atoms with Crippen molar-refractivity contribution in [1.29, 1.82) is 0 Å². The van der Waals surface area contributed by atoms with Gasteiger partial charge < -0.3 is 15.0 Å². The van der Waals surface area contributed by atoms with E-state index in [1.165, 1.54) is 11.1 Å². The zero-order valence-electron chi connectivity index (χ0n) is 14.0. The van der Waals surface area contributed by atoms with E-state index in [1.807, 2.05) is 23.9 Å². The van der Waals surface area contributed by atoms with Crippen LogP contribution < -0.4 is 5.73 Å². The summed E-state index contributed by atoms with van der Waals surface area (Å²) in [7, 11) is 3.66. The van der Waals surface area contributed by atoms with Gasteiger partial charge in [0, 0.05) is 30.1 Å². The second-order valence-electron chi connectivity index (χ2n) is 6.10. The molecular formula is C19H22BrN3O. The molecule has 1 aliphatic carbocycles. The number of rotatable bonds is 5. The van der Waals surface area contributed by atoms with E-state index in [4.69, 9.17) is 10.5 Å². The highest BCUT2D eigenvalue weighted by molar-refractivity contribution is 9.10. The molecule has 5 heteroatoms. The van der Waals surface area contributed by atoms with Crippen molar-refractivity contribution in [2.45, 2.75) is 25.2 Å². The van der Waals surface area contributed by atoms with Crippen molar-refractivity contribution in [2.24, 2.45) is 7.05 Å². The molecule has 0 spiro atoms. The van der Waals surface area contributed by atoms with Crippen LogP contribution in [0.1, 0.15) is 30.0 Å². The number of anilines is 1. The first-order chi connectivity index (χ1) is 11.6. The predicted molar refractivity (Wildman–Crippen MR) is 101 cm³/mol. The Hall–Kier alpha value is -2.01. The Morgan fingerprint density at radius 1 is 1.33 bits per heavy atom. The Balaban J connectivity index is 1.95. The topological polar surface area (TPSA) is 53.1 Å². The molecule has 0 saturated heterocycles. The maximum Gasteiger partial charge on any atom is 0.200 e. The molecule has 4 nitrogen and oxygen atoms in total. The number of hydrogen-bond donors (Lipinski definition) is 1. The van der Waals surface area contributed by atoms with Gasteiger partial charge in [-0.2, -0.15) is 0 Å². The molecule has 1 atom stereocenters. The summed E-state index contributed by atoms with van der Waals surface area (Å²) in [6.45, 7) is 0. The molecule has 0 saturated carbocycles. The third kappa shape index (κ3) is 3.73. The van der Waals surface area contributed by atoms with E-state index in [9.17, 15) is 0 Å². The summed E-state index contributed by atoms with van der Waals surface area (Å²) in [6.07, 6.45) is 9.09. The van der Waals surface area contributed by atoms with Gasteiger partial charge in [-0.3, -0.25) is 0 Å². The van der Waals surface area contributed by atoms with Gasteiger partial charge in [0.15, 0.2) is 5.95 Å². The SMILES string of the molecule is COC1=CC=C(C(Cc2cccc(Br)c2)c2cn(C)c(N)n2)CC1. The van der Waals surface area contributed by atoms with Gasteiger partial charge in [0.25, 0.3) is 0 Å². The number of benzene rings is 1. The normalized spacial score (nSPS) is 15.6. The number of halogens is 1. The summed E-state index contributed by atoms with van der Waals surface area (Å²) in [4.78, 5) is 4.58. The molecule has 3 rings (SSSR count). The Morgan fingerprint density at radius 3 is 2.75 bits per heavy atom. The van der Waals surface area contributed by atoms with E-state index < -0.39 is 0 Å². The van der Waals surface area contributed by atoms with E-state index in [1.54, 1.807) is 7.11 Å². The zero-order valence-corrected chi connectivity index (χ0v) is 15.6. The minimum atomic E-state index is 0.220. The number of hydrogen-bond acceptors (Lipinski definition) is 3. The van der Waals surface area contributed by atoms with Crippen LogP contribution in [-0.4, -0.2) is 16.7 Å². The summed E-state index contributed by atoms with van der Waals surface area (Å²) in [5, 5.41) is 0. The van der Waals surface area contributed by atoms with E-state index in [2.05, 4.69) is 51.3 Å². The van der Waals surface area contributed by atoms with E-state index in [0.29, 0.717) is 5.95 Å². The van der Waals surface area contributed by atoms with Crippen molar-refractivity contribution in [2.75, 3.05) is 12.8 Å².